The lowest BCUT2D eigenvalue weighted by molar-refractivity contribution is -0.116. The van der Waals surface area contributed by atoms with Gasteiger partial charge in [0.05, 0.1) is 18.2 Å². The molecule has 0 bridgehead atoms. The largest absolute Gasteiger partial charge is 0.332 e. The molecule has 11 heteroatoms. The van der Waals surface area contributed by atoms with Gasteiger partial charge in [0.1, 0.15) is 11.5 Å². The molecule has 0 spiro atoms. The van der Waals surface area contributed by atoms with Crippen molar-refractivity contribution in [1.82, 2.24) is 33.9 Å². The third kappa shape index (κ3) is 5.16. The van der Waals surface area contributed by atoms with Crippen molar-refractivity contribution in [3.8, 4) is 11.1 Å². The van der Waals surface area contributed by atoms with Crippen LogP contribution in [0.5, 0.6) is 0 Å². The molecule has 1 N–H and O–H groups in total. The number of nitrogens with one attached hydrogen (secondary N) is 1. The number of carbonyl (C=O) groups is 2. The Bertz CT molecular complexity index is 1760. The third-order valence-electron chi connectivity index (χ3n) is 7.44. The van der Waals surface area contributed by atoms with Crippen molar-refractivity contribution in [2.75, 3.05) is 32.5 Å². The molecule has 2 amide bonds. The average Bonchev–Trinajstić information content (AvgIpc) is 3.68. The predicted molar refractivity (Wildman–Crippen MR) is 154 cm³/mol. The number of aryl methyl sites for hydroxylation is 1. The summed E-state index contributed by atoms with van der Waals surface area (Å²) in [7, 11) is 3.63. The molecule has 4 aromatic heterocycles. The van der Waals surface area contributed by atoms with E-state index >= 15 is 0 Å². The Kier molecular flexibility index (Phi) is 6.96. The number of likely N-dealkylation sites (tertiary alicyclic amines) is 1. The van der Waals surface area contributed by atoms with Crippen molar-refractivity contribution in [2.45, 2.75) is 32.4 Å². The van der Waals surface area contributed by atoms with E-state index in [0.29, 0.717) is 24.3 Å². The number of fused-ring (bicyclic) bond motifs is 2. The molecule has 210 valence electrons. The number of benzene rings is 1. The highest BCUT2D eigenvalue weighted by Gasteiger charge is 2.32. The van der Waals surface area contributed by atoms with E-state index in [9.17, 15) is 14.0 Å². The van der Waals surface area contributed by atoms with Crippen LogP contribution in [0.4, 0.5) is 10.3 Å². The lowest BCUT2D eigenvalue weighted by Crippen LogP contribution is -2.30. The second-order valence-electron chi connectivity index (χ2n) is 10.6. The van der Waals surface area contributed by atoms with Crippen LogP contribution in [-0.4, -0.2) is 72.9 Å². The zero-order valence-electron chi connectivity index (χ0n) is 23.2. The van der Waals surface area contributed by atoms with Gasteiger partial charge >= 0.3 is 0 Å². The highest BCUT2D eigenvalue weighted by molar-refractivity contribution is 6.07. The fourth-order valence-corrected chi connectivity index (χ4v) is 5.50. The Hall–Kier alpha value is -4.64. The summed E-state index contributed by atoms with van der Waals surface area (Å²) >= 11 is 0. The number of amides is 2. The van der Waals surface area contributed by atoms with E-state index in [4.69, 9.17) is 4.98 Å². The minimum atomic E-state index is -0.288. The summed E-state index contributed by atoms with van der Waals surface area (Å²) in [6.45, 7) is 3.57. The van der Waals surface area contributed by atoms with Crippen LogP contribution in [0.2, 0.25) is 0 Å². The molecule has 1 aliphatic heterocycles. The van der Waals surface area contributed by atoms with Crippen LogP contribution in [-0.2, 0) is 11.3 Å². The van der Waals surface area contributed by atoms with Crippen molar-refractivity contribution in [3.05, 3.63) is 78.0 Å². The lowest BCUT2D eigenvalue weighted by Gasteiger charge is -2.25. The molecule has 0 aliphatic carbocycles. The van der Waals surface area contributed by atoms with E-state index < -0.39 is 0 Å². The zero-order valence-corrected chi connectivity index (χ0v) is 23.2. The summed E-state index contributed by atoms with van der Waals surface area (Å²) in [5.41, 5.74) is 4.55. The maximum atomic E-state index is 14.0. The molecular weight excluding hydrogens is 523 g/mol. The topological polar surface area (TPSA) is 101 Å². The van der Waals surface area contributed by atoms with Crippen LogP contribution in [0.1, 0.15) is 41.7 Å². The number of hydrogen-bond donors (Lipinski definition) is 1. The third-order valence-corrected chi connectivity index (χ3v) is 7.44. The number of nitrogens with zero attached hydrogens (tertiary/aromatic N) is 7. The molecule has 5 heterocycles. The van der Waals surface area contributed by atoms with Gasteiger partial charge in [0.15, 0.2) is 5.65 Å². The molecule has 1 fully saturated rings. The second kappa shape index (κ2) is 10.7. The molecule has 0 unspecified atom stereocenters. The monoisotopic (exact) mass is 554 g/mol. The van der Waals surface area contributed by atoms with Crippen molar-refractivity contribution >= 4 is 34.4 Å². The van der Waals surface area contributed by atoms with Gasteiger partial charge in [-0.3, -0.25) is 14.9 Å². The van der Waals surface area contributed by atoms with Gasteiger partial charge in [0, 0.05) is 42.6 Å². The molecule has 0 radical (unpaired) electrons. The number of pyridine rings is 2. The zero-order chi connectivity index (χ0) is 28.7. The minimum absolute atomic E-state index is 0.0565. The summed E-state index contributed by atoms with van der Waals surface area (Å²) < 4.78 is 17.1. The number of halogens is 1. The highest BCUT2D eigenvalue weighted by atomic mass is 19.1. The van der Waals surface area contributed by atoms with Crippen LogP contribution in [0.25, 0.3) is 27.8 Å². The highest BCUT2D eigenvalue weighted by Crippen LogP contribution is 2.35. The first kappa shape index (κ1) is 26.6. The maximum Gasteiger partial charge on any atom is 0.256 e. The number of anilines is 1. The van der Waals surface area contributed by atoms with Gasteiger partial charge in [-0.05, 0) is 75.3 Å². The van der Waals surface area contributed by atoms with Gasteiger partial charge in [-0.2, -0.15) is 4.98 Å². The van der Waals surface area contributed by atoms with E-state index in [2.05, 4.69) is 15.4 Å². The number of aromatic nitrogens is 5. The fraction of sp³-hybridized carbons (Fsp3) is 0.300. The van der Waals surface area contributed by atoms with Crippen molar-refractivity contribution < 1.29 is 14.0 Å². The molecule has 1 atom stereocenters. The van der Waals surface area contributed by atoms with Gasteiger partial charge in [-0.15, -0.1) is 5.10 Å². The summed E-state index contributed by atoms with van der Waals surface area (Å²) in [4.78, 5) is 39.0. The normalized spacial score (nSPS) is 15.3. The standard InChI is InChI=1S/C30H31FN8O2/c1-4-37-17-24(29(41)38-12-5-6-25(38)19-7-9-22(31)10-8-19)23-14-21(16-32-28(23)37)20-11-13-39-26(15-20)33-30(35-39)34-27(40)18-36(2)3/h7-11,13-17,25H,4-6,12,18H2,1-3H3,(H,34,35,40)/t25-/m0/s1. The molecule has 1 aliphatic rings. The fourth-order valence-electron chi connectivity index (χ4n) is 5.50. The van der Waals surface area contributed by atoms with Crippen LogP contribution < -0.4 is 5.32 Å². The quantitative estimate of drug-likeness (QED) is 0.321. The van der Waals surface area contributed by atoms with E-state index in [0.717, 1.165) is 40.6 Å². The van der Waals surface area contributed by atoms with Gasteiger partial charge in [-0.25, -0.2) is 13.9 Å². The molecule has 41 heavy (non-hydrogen) atoms. The summed E-state index contributed by atoms with van der Waals surface area (Å²) in [5, 5.41) is 7.84. The molecule has 6 rings (SSSR count). The van der Waals surface area contributed by atoms with E-state index in [1.54, 1.807) is 33.9 Å². The Morgan fingerprint density at radius 3 is 2.68 bits per heavy atom. The van der Waals surface area contributed by atoms with Gasteiger partial charge in [0.25, 0.3) is 5.91 Å². The molecule has 1 saturated heterocycles. The van der Waals surface area contributed by atoms with E-state index in [1.807, 2.05) is 54.9 Å². The van der Waals surface area contributed by atoms with Crippen molar-refractivity contribution in [2.24, 2.45) is 0 Å². The first-order valence-corrected chi connectivity index (χ1v) is 13.7. The molecule has 1 aromatic carbocycles. The first-order valence-electron chi connectivity index (χ1n) is 13.7. The van der Waals surface area contributed by atoms with Gasteiger partial charge < -0.3 is 14.4 Å². The number of rotatable bonds is 7. The minimum Gasteiger partial charge on any atom is -0.332 e. The molecule has 10 nitrogen and oxygen atoms in total. The van der Waals surface area contributed by atoms with Crippen molar-refractivity contribution in [3.63, 3.8) is 0 Å². The van der Waals surface area contributed by atoms with Crippen molar-refractivity contribution in [1.29, 1.82) is 0 Å². The van der Waals surface area contributed by atoms with Crippen LogP contribution in [0.15, 0.2) is 61.1 Å². The predicted octanol–water partition coefficient (Wildman–Crippen LogP) is 4.38. The molecular formula is C30H31FN8O2. The lowest BCUT2D eigenvalue weighted by atomic mass is 10.0. The van der Waals surface area contributed by atoms with Crippen LogP contribution in [0.3, 0.4) is 0 Å². The molecule has 5 aromatic rings. The Labute approximate surface area is 236 Å². The van der Waals surface area contributed by atoms with E-state index in [1.165, 1.54) is 12.1 Å². The van der Waals surface area contributed by atoms with Crippen LogP contribution >= 0.6 is 0 Å². The maximum absolute atomic E-state index is 14.0. The SMILES string of the molecule is CCn1cc(C(=O)N2CCC[C@H]2c2ccc(F)cc2)c2cc(-c3ccn4nc(NC(=O)CN(C)C)nc4c3)cnc21. The number of carbonyl (C=O) groups excluding carboxylic acids is 2. The summed E-state index contributed by atoms with van der Waals surface area (Å²) in [5.74, 6) is -0.308. The van der Waals surface area contributed by atoms with E-state index in [-0.39, 0.29) is 36.2 Å². The Balaban J connectivity index is 1.33. The molecule has 0 saturated carbocycles. The first-order chi connectivity index (χ1) is 19.8. The Morgan fingerprint density at radius 1 is 1.12 bits per heavy atom. The second-order valence-corrected chi connectivity index (χ2v) is 10.6. The number of likely N-dealkylation sites (N-methyl/N-ethyl adjacent to an activating group) is 1. The average molecular weight is 555 g/mol. The summed E-state index contributed by atoms with van der Waals surface area (Å²) in [6.07, 6.45) is 7.18. The van der Waals surface area contributed by atoms with Crippen LogP contribution in [0, 0.1) is 5.82 Å². The smallest absolute Gasteiger partial charge is 0.256 e. The van der Waals surface area contributed by atoms with Gasteiger partial charge in [-0.1, -0.05) is 12.1 Å². The van der Waals surface area contributed by atoms with Gasteiger partial charge in [0.2, 0.25) is 11.9 Å². The summed E-state index contributed by atoms with van der Waals surface area (Å²) in [6, 6.07) is 12.1. The Morgan fingerprint density at radius 2 is 1.93 bits per heavy atom. The number of hydrogen-bond acceptors (Lipinski definition) is 6.